The van der Waals surface area contributed by atoms with E-state index >= 15 is 0 Å². The second-order valence-corrected chi connectivity index (χ2v) is 3.62. The number of pyridine rings is 1. The molecule has 1 aromatic rings. The molecule has 0 saturated heterocycles. The van der Waals surface area contributed by atoms with Crippen molar-refractivity contribution in [2.45, 2.75) is 40.0 Å². The van der Waals surface area contributed by atoms with E-state index in [9.17, 15) is 0 Å². The van der Waals surface area contributed by atoms with Crippen molar-refractivity contribution in [3.8, 4) is 5.88 Å². The molecule has 1 heterocycles. The molecular formula is C12H19NO. The summed E-state index contributed by atoms with van der Waals surface area (Å²) in [6.45, 7) is 9.19. The van der Waals surface area contributed by atoms with Gasteiger partial charge in [-0.1, -0.05) is 13.8 Å². The van der Waals surface area contributed by atoms with E-state index in [0.717, 1.165) is 12.3 Å². The van der Waals surface area contributed by atoms with Crippen molar-refractivity contribution < 1.29 is 4.74 Å². The van der Waals surface area contributed by atoms with Crippen LogP contribution in [0.3, 0.4) is 0 Å². The molecule has 0 aliphatic carbocycles. The van der Waals surface area contributed by atoms with Gasteiger partial charge in [0.2, 0.25) is 5.88 Å². The normalized spacial score (nSPS) is 12.6. The van der Waals surface area contributed by atoms with Crippen molar-refractivity contribution in [3.63, 3.8) is 0 Å². The summed E-state index contributed by atoms with van der Waals surface area (Å²) in [7, 11) is 0. The lowest BCUT2D eigenvalue weighted by molar-refractivity contribution is 0.326. The molecule has 0 aliphatic rings. The van der Waals surface area contributed by atoms with E-state index in [-0.39, 0.29) is 0 Å². The van der Waals surface area contributed by atoms with Crippen LogP contribution in [-0.2, 0) is 0 Å². The maximum Gasteiger partial charge on any atom is 0.213 e. The summed E-state index contributed by atoms with van der Waals surface area (Å²) >= 11 is 0. The van der Waals surface area contributed by atoms with Crippen LogP contribution in [-0.4, -0.2) is 11.6 Å². The zero-order valence-corrected chi connectivity index (χ0v) is 9.50. The van der Waals surface area contributed by atoms with Crippen molar-refractivity contribution in [1.29, 1.82) is 0 Å². The third-order valence-corrected chi connectivity index (χ3v) is 2.56. The number of aromatic nitrogens is 1. The highest BCUT2D eigenvalue weighted by Gasteiger charge is 2.07. The van der Waals surface area contributed by atoms with Gasteiger partial charge in [-0.25, -0.2) is 4.98 Å². The van der Waals surface area contributed by atoms with E-state index in [2.05, 4.69) is 25.8 Å². The predicted octanol–water partition coefficient (Wildman–Crippen LogP) is 3.30. The van der Waals surface area contributed by atoms with Gasteiger partial charge in [-0.2, -0.15) is 0 Å². The van der Waals surface area contributed by atoms with Gasteiger partial charge in [0.25, 0.3) is 0 Å². The van der Waals surface area contributed by atoms with Crippen LogP contribution >= 0.6 is 0 Å². The van der Waals surface area contributed by atoms with Gasteiger partial charge in [-0.3, -0.25) is 0 Å². The summed E-state index contributed by atoms with van der Waals surface area (Å²) in [4.78, 5) is 4.28. The molecule has 0 aromatic carbocycles. The second-order valence-electron chi connectivity index (χ2n) is 3.62. The van der Waals surface area contributed by atoms with Crippen LogP contribution in [0.15, 0.2) is 12.3 Å². The summed E-state index contributed by atoms with van der Waals surface area (Å²) in [5.74, 6) is 1.32. The summed E-state index contributed by atoms with van der Waals surface area (Å²) in [6.07, 6.45) is 3.09. The van der Waals surface area contributed by atoms with Gasteiger partial charge in [0.05, 0.1) is 6.61 Å². The minimum Gasteiger partial charge on any atom is -0.478 e. The van der Waals surface area contributed by atoms with Gasteiger partial charge in [-0.05, 0) is 37.3 Å². The first-order valence-electron chi connectivity index (χ1n) is 5.28. The van der Waals surface area contributed by atoms with E-state index in [1.54, 1.807) is 0 Å². The van der Waals surface area contributed by atoms with Crippen LogP contribution in [0.1, 0.15) is 44.2 Å². The van der Waals surface area contributed by atoms with Crippen molar-refractivity contribution >= 4 is 0 Å². The fourth-order valence-electron chi connectivity index (χ4n) is 1.50. The van der Waals surface area contributed by atoms with Crippen LogP contribution in [0.4, 0.5) is 0 Å². The zero-order valence-electron chi connectivity index (χ0n) is 9.50. The van der Waals surface area contributed by atoms with Crippen molar-refractivity contribution in [2.24, 2.45) is 0 Å². The molecule has 0 amide bonds. The Balaban J connectivity index is 2.89. The summed E-state index contributed by atoms with van der Waals surface area (Å²) in [6, 6.07) is 2.02. The Hall–Kier alpha value is -1.05. The molecule has 0 aliphatic heterocycles. The number of aryl methyl sites for hydroxylation is 1. The smallest absolute Gasteiger partial charge is 0.213 e. The number of hydrogen-bond acceptors (Lipinski definition) is 2. The molecule has 0 radical (unpaired) electrons. The standard InChI is InChI=1S/C12H19NO/c1-5-9(3)11-8-13-12(14-6-2)7-10(11)4/h7-9H,5-6H2,1-4H3. The lowest BCUT2D eigenvalue weighted by atomic mass is 9.96. The highest BCUT2D eigenvalue weighted by molar-refractivity contribution is 5.30. The van der Waals surface area contributed by atoms with E-state index in [1.807, 2.05) is 19.2 Å². The molecule has 0 spiro atoms. The largest absolute Gasteiger partial charge is 0.478 e. The van der Waals surface area contributed by atoms with Gasteiger partial charge in [0.15, 0.2) is 0 Å². The Morgan fingerprint density at radius 1 is 1.43 bits per heavy atom. The summed E-state index contributed by atoms with van der Waals surface area (Å²) in [5.41, 5.74) is 2.61. The molecule has 0 fully saturated rings. The Morgan fingerprint density at radius 2 is 2.14 bits per heavy atom. The molecule has 0 saturated carbocycles. The maximum atomic E-state index is 5.34. The fraction of sp³-hybridized carbons (Fsp3) is 0.583. The molecule has 1 unspecified atom stereocenters. The quantitative estimate of drug-likeness (QED) is 0.732. The number of ether oxygens (including phenoxy) is 1. The van der Waals surface area contributed by atoms with E-state index in [1.165, 1.54) is 11.1 Å². The van der Waals surface area contributed by atoms with Crippen LogP contribution in [0.25, 0.3) is 0 Å². The Kier molecular flexibility index (Phi) is 3.93. The first kappa shape index (κ1) is 11.0. The topological polar surface area (TPSA) is 22.1 Å². The highest BCUT2D eigenvalue weighted by atomic mass is 16.5. The maximum absolute atomic E-state index is 5.34. The molecule has 2 heteroatoms. The Labute approximate surface area is 86.3 Å². The molecular weight excluding hydrogens is 174 g/mol. The lowest BCUT2D eigenvalue weighted by Crippen LogP contribution is -2.00. The molecule has 1 aromatic heterocycles. The highest BCUT2D eigenvalue weighted by Crippen LogP contribution is 2.23. The van der Waals surface area contributed by atoms with Crippen molar-refractivity contribution in [2.75, 3.05) is 6.61 Å². The first-order valence-corrected chi connectivity index (χ1v) is 5.28. The van der Waals surface area contributed by atoms with Crippen LogP contribution in [0.5, 0.6) is 5.88 Å². The lowest BCUT2D eigenvalue weighted by Gasteiger charge is -2.12. The van der Waals surface area contributed by atoms with Gasteiger partial charge in [0, 0.05) is 12.3 Å². The Morgan fingerprint density at radius 3 is 2.64 bits per heavy atom. The molecule has 0 N–H and O–H groups in total. The summed E-state index contributed by atoms with van der Waals surface area (Å²) in [5, 5.41) is 0. The second kappa shape index (κ2) is 4.99. The third kappa shape index (κ3) is 2.47. The fourth-order valence-corrected chi connectivity index (χ4v) is 1.50. The molecule has 78 valence electrons. The average molecular weight is 193 g/mol. The molecule has 1 rings (SSSR count). The zero-order chi connectivity index (χ0) is 10.6. The minimum absolute atomic E-state index is 0.582. The van der Waals surface area contributed by atoms with Crippen molar-refractivity contribution in [1.82, 2.24) is 4.98 Å². The number of nitrogens with zero attached hydrogens (tertiary/aromatic N) is 1. The number of hydrogen-bond donors (Lipinski definition) is 0. The molecule has 14 heavy (non-hydrogen) atoms. The Bertz CT molecular complexity index is 296. The average Bonchev–Trinajstić information content (AvgIpc) is 2.17. The SMILES string of the molecule is CCOc1cc(C)c(C(C)CC)cn1. The first-order chi connectivity index (χ1) is 6.69. The molecule has 1 atom stereocenters. The third-order valence-electron chi connectivity index (χ3n) is 2.56. The van der Waals surface area contributed by atoms with Crippen LogP contribution in [0.2, 0.25) is 0 Å². The number of rotatable bonds is 4. The molecule has 2 nitrogen and oxygen atoms in total. The predicted molar refractivity (Wildman–Crippen MR) is 58.8 cm³/mol. The monoisotopic (exact) mass is 193 g/mol. The molecule has 0 bridgehead atoms. The van der Waals surface area contributed by atoms with E-state index in [0.29, 0.717) is 12.5 Å². The van der Waals surface area contributed by atoms with Crippen LogP contribution < -0.4 is 4.74 Å². The van der Waals surface area contributed by atoms with Crippen LogP contribution in [0, 0.1) is 6.92 Å². The van der Waals surface area contributed by atoms with Gasteiger partial charge in [-0.15, -0.1) is 0 Å². The van der Waals surface area contributed by atoms with Gasteiger partial charge < -0.3 is 4.74 Å². The van der Waals surface area contributed by atoms with E-state index in [4.69, 9.17) is 4.74 Å². The van der Waals surface area contributed by atoms with Gasteiger partial charge >= 0.3 is 0 Å². The van der Waals surface area contributed by atoms with Crippen molar-refractivity contribution in [3.05, 3.63) is 23.4 Å². The van der Waals surface area contributed by atoms with E-state index < -0.39 is 0 Å². The summed E-state index contributed by atoms with van der Waals surface area (Å²) < 4.78 is 5.34. The minimum atomic E-state index is 0.582. The van der Waals surface area contributed by atoms with Gasteiger partial charge in [0.1, 0.15) is 0 Å².